The van der Waals surface area contributed by atoms with Crippen molar-refractivity contribution >= 4 is 23.2 Å². The number of nitrogens with one attached hydrogen (secondary N) is 1. The fraction of sp³-hybridized carbons (Fsp3) is 0.462. The van der Waals surface area contributed by atoms with E-state index in [4.69, 9.17) is 17.3 Å². The topological polar surface area (TPSA) is 58.4 Å². The molecular weight excluding hydrogens is 250 g/mol. The highest BCUT2D eigenvalue weighted by Crippen LogP contribution is 2.20. The Bertz CT molecular complexity index is 421. The van der Waals surface area contributed by atoms with Gasteiger partial charge < -0.3 is 11.1 Å². The van der Waals surface area contributed by atoms with Crippen molar-refractivity contribution in [3.63, 3.8) is 0 Å². The fourth-order valence-corrected chi connectivity index (χ4v) is 1.90. The standard InChI is InChI=1S/C13H20ClN3O/c1-9(2)16-13(18)8-17(3)7-10-4-5-11(15)6-12(10)14/h4-6,9H,7-8,15H2,1-3H3,(H,16,18). The third-order valence-electron chi connectivity index (χ3n) is 2.38. The van der Waals surface area contributed by atoms with Crippen LogP contribution in [0.1, 0.15) is 19.4 Å². The highest BCUT2D eigenvalue weighted by atomic mass is 35.5. The quantitative estimate of drug-likeness (QED) is 0.803. The molecule has 1 amide bonds. The molecule has 0 bridgehead atoms. The van der Waals surface area contributed by atoms with E-state index in [9.17, 15) is 4.79 Å². The first-order chi connectivity index (χ1) is 8.38. The van der Waals surface area contributed by atoms with E-state index < -0.39 is 0 Å². The van der Waals surface area contributed by atoms with Crippen molar-refractivity contribution in [1.82, 2.24) is 10.2 Å². The Hall–Kier alpha value is -1.26. The second-order valence-corrected chi connectivity index (χ2v) is 5.15. The Kier molecular flexibility index (Phi) is 5.44. The molecular formula is C13H20ClN3O. The molecule has 0 atom stereocenters. The summed E-state index contributed by atoms with van der Waals surface area (Å²) in [6.07, 6.45) is 0. The molecule has 5 heteroatoms. The van der Waals surface area contributed by atoms with Gasteiger partial charge in [0.25, 0.3) is 0 Å². The Labute approximate surface area is 113 Å². The lowest BCUT2D eigenvalue weighted by Gasteiger charge is -2.18. The number of nitrogen functional groups attached to an aromatic ring is 1. The zero-order valence-corrected chi connectivity index (χ0v) is 11.8. The lowest BCUT2D eigenvalue weighted by Crippen LogP contribution is -2.38. The number of benzene rings is 1. The minimum Gasteiger partial charge on any atom is -0.399 e. The number of nitrogens with zero attached hydrogens (tertiary/aromatic N) is 1. The molecule has 0 fully saturated rings. The van der Waals surface area contributed by atoms with E-state index in [1.807, 2.05) is 37.9 Å². The molecule has 1 aromatic rings. The first kappa shape index (κ1) is 14.8. The number of halogens is 1. The van der Waals surface area contributed by atoms with Crippen LogP contribution in [-0.2, 0) is 11.3 Å². The van der Waals surface area contributed by atoms with Crippen molar-refractivity contribution in [3.05, 3.63) is 28.8 Å². The van der Waals surface area contributed by atoms with Gasteiger partial charge in [-0.25, -0.2) is 0 Å². The summed E-state index contributed by atoms with van der Waals surface area (Å²) in [5, 5.41) is 3.48. The maximum Gasteiger partial charge on any atom is 0.234 e. The summed E-state index contributed by atoms with van der Waals surface area (Å²) < 4.78 is 0. The van der Waals surface area contributed by atoms with Crippen molar-refractivity contribution in [1.29, 1.82) is 0 Å². The van der Waals surface area contributed by atoms with E-state index >= 15 is 0 Å². The predicted molar refractivity (Wildman–Crippen MR) is 75.5 cm³/mol. The average molecular weight is 270 g/mol. The summed E-state index contributed by atoms with van der Waals surface area (Å²) in [6, 6.07) is 5.57. The van der Waals surface area contributed by atoms with E-state index in [0.29, 0.717) is 23.8 Å². The molecule has 0 radical (unpaired) electrons. The minimum atomic E-state index is 0.0130. The van der Waals surface area contributed by atoms with Gasteiger partial charge in [-0.15, -0.1) is 0 Å². The van der Waals surface area contributed by atoms with Gasteiger partial charge in [-0.2, -0.15) is 0 Å². The van der Waals surface area contributed by atoms with Gasteiger partial charge in [-0.1, -0.05) is 17.7 Å². The van der Waals surface area contributed by atoms with E-state index in [1.54, 1.807) is 6.07 Å². The van der Waals surface area contributed by atoms with Crippen LogP contribution in [0.5, 0.6) is 0 Å². The van der Waals surface area contributed by atoms with Gasteiger partial charge in [0.2, 0.25) is 5.91 Å². The third-order valence-corrected chi connectivity index (χ3v) is 2.73. The van der Waals surface area contributed by atoms with Crippen LogP contribution in [0.2, 0.25) is 5.02 Å². The average Bonchev–Trinajstić information content (AvgIpc) is 2.20. The number of amides is 1. The summed E-state index contributed by atoms with van der Waals surface area (Å²) in [4.78, 5) is 13.5. The van der Waals surface area contributed by atoms with Crippen molar-refractivity contribution in [2.24, 2.45) is 0 Å². The van der Waals surface area contributed by atoms with Crippen molar-refractivity contribution in [2.45, 2.75) is 26.4 Å². The normalized spacial score (nSPS) is 11.0. The molecule has 0 spiro atoms. The summed E-state index contributed by atoms with van der Waals surface area (Å²) >= 11 is 6.09. The van der Waals surface area contributed by atoms with Gasteiger partial charge in [0.05, 0.1) is 6.54 Å². The Morgan fingerprint density at radius 1 is 1.50 bits per heavy atom. The number of carbonyl (C=O) groups excluding carboxylic acids is 1. The van der Waals surface area contributed by atoms with Gasteiger partial charge in [-0.3, -0.25) is 9.69 Å². The summed E-state index contributed by atoms with van der Waals surface area (Å²) in [7, 11) is 1.88. The van der Waals surface area contributed by atoms with E-state index in [1.165, 1.54) is 0 Å². The summed E-state index contributed by atoms with van der Waals surface area (Å²) in [6.45, 7) is 4.84. The molecule has 0 aliphatic heterocycles. The number of carbonyl (C=O) groups is 1. The van der Waals surface area contributed by atoms with Crippen molar-refractivity contribution < 1.29 is 4.79 Å². The molecule has 3 N–H and O–H groups in total. The number of hydrogen-bond donors (Lipinski definition) is 2. The van der Waals surface area contributed by atoms with Crippen LogP contribution in [0, 0.1) is 0 Å². The Morgan fingerprint density at radius 2 is 2.17 bits per heavy atom. The summed E-state index contributed by atoms with van der Waals surface area (Å²) in [5.74, 6) is 0.0130. The minimum absolute atomic E-state index is 0.0130. The molecule has 0 unspecified atom stereocenters. The summed E-state index contributed by atoms with van der Waals surface area (Å²) in [5.41, 5.74) is 7.24. The second-order valence-electron chi connectivity index (χ2n) is 4.75. The van der Waals surface area contributed by atoms with Crippen molar-refractivity contribution in [2.75, 3.05) is 19.3 Å². The van der Waals surface area contributed by atoms with Crippen molar-refractivity contribution in [3.8, 4) is 0 Å². The van der Waals surface area contributed by atoms with Gasteiger partial charge in [0, 0.05) is 23.3 Å². The molecule has 0 heterocycles. The molecule has 1 aromatic carbocycles. The Morgan fingerprint density at radius 3 is 2.72 bits per heavy atom. The monoisotopic (exact) mass is 269 g/mol. The molecule has 0 aromatic heterocycles. The van der Waals surface area contributed by atoms with Crippen LogP contribution < -0.4 is 11.1 Å². The zero-order chi connectivity index (χ0) is 13.7. The molecule has 100 valence electrons. The number of likely N-dealkylation sites (N-methyl/N-ethyl adjacent to an activating group) is 1. The third kappa shape index (κ3) is 4.94. The number of nitrogens with two attached hydrogens (primary N) is 1. The van der Waals surface area contributed by atoms with Crippen LogP contribution in [0.25, 0.3) is 0 Å². The lowest BCUT2D eigenvalue weighted by molar-refractivity contribution is -0.122. The maximum atomic E-state index is 11.6. The van der Waals surface area contributed by atoms with Gasteiger partial charge in [0.1, 0.15) is 0 Å². The first-order valence-electron chi connectivity index (χ1n) is 5.90. The highest BCUT2D eigenvalue weighted by molar-refractivity contribution is 6.31. The number of rotatable bonds is 5. The highest BCUT2D eigenvalue weighted by Gasteiger charge is 2.09. The molecule has 18 heavy (non-hydrogen) atoms. The largest absolute Gasteiger partial charge is 0.399 e. The smallest absolute Gasteiger partial charge is 0.234 e. The molecule has 0 aliphatic rings. The lowest BCUT2D eigenvalue weighted by atomic mass is 10.2. The maximum absolute atomic E-state index is 11.6. The molecule has 0 saturated carbocycles. The zero-order valence-electron chi connectivity index (χ0n) is 11.0. The van der Waals surface area contributed by atoms with Gasteiger partial charge in [-0.05, 0) is 38.6 Å². The molecule has 4 nitrogen and oxygen atoms in total. The van der Waals surface area contributed by atoms with Gasteiger partial charge in [0.15, 0.2) is 0 Å². The van der Waals surface area contributed by atoms with Crippen LogP contribution in [-0.4, -0.2) is 30.4 Å². The predicted octanol–water partition coefficient (Wildman–Crippen LogP) is 1.88. The first-order valence-corrected chi connectivity index (χ1v) is 6.28. The second kappa shape index (κ2) is 6.61. The van der Waals surface area contributed by atoms with E-state index in [0.717, 1.165) is 5.56 Å². The van der Waals surface area contributed by atoms with E-state index in [-0.39, 0.29) is 11.9 Å². The van der Waals surface area contributed by atoms with Crippen LogP contribution in [0.15, 0.2) is 18.2 Å². The molecule has 1 rings (SSSR count). The number of hydrogen-bond acceptors (Lipinski definition) is 3. The van der Waals surface area contributed by atoms with Crippen LogP contribution in [0.3, 0.4) is 0 Å². The fourth-order valence-electron chi connectivity index (χ4n) is 1.65. The Balaban J connectivity index is 2.54. The van der Waals surface area contributed by atoms with Gasteiger partial charge >= 0.3 is 0 Å². The number of anilines is 1. The van der Waals surface area contributed by atoms with E-state index in [2.05, 4.69) is 5.32 Å². The SMILES string of the molecule is CC(C)NC(=O)CN(C)Cc1ccc(N)cc1Cl. The molecule has 0 saturated heterocycles. The van der Waals surface area contributed by atoms with Crippen LogP contribution in [0.4, 0.5) is 5.69 Å². The van der Waals surface area contributed by atoms with Crippen LogP contribution >= 0.6 is 11.6 Å². The molecule has 0 aliphatic carbocycles.